The molecule has 1 aromatic rings. The molecule has 1 aliphatic heterocycles. The Morgan fingerprint density at radius 2 is 2.05 bits per heavy atom. The van der Waals surface area contributed by atoms with Gasteiger partial charge >= 0.3 is 0 Å². The Hall–Kier alpha value is -0.520. The van der Waals surface area contributed by atoms with Gasteiger partial charge in [-0.25, -0.2) is 0 Å². The predicted molar refractivity (Wildman–Crippen MR) is 85.7 cm³/mol. The lowest BCUT2D eigenvalue weighted by Crippen LogP contribution is -2.33. The highest BCUT2D eigenvalue weighted by molar-refractivity contribution is 9.10. The lowest BCUT2D eigenvalue weighted by Gasteiger charge is -2.21. The highest BCUT2D eigenvalue weighted by Gasteiger charge is 2.13. The van der Waals surface area contributed by atoms with E-state index in [0.29, 0.717) is 6.54 Å². The van der Waals surface area contributed by atoms with E-state index >= 15 is 0 Å². The maximum Gasteiger partial charge on any atom is 0.238 e. The molecule has 0 saturated carbocycles. The third-order valence-corrected chi connectivity index (χ3v) is 4.95. The van der Waals surface area contributed by atoms with Crippen LogP contribution in [0.1, 0.15) is 12.8 Å². The van der Waals surface area contributed by atoms with Gasteiger partial charge in [-0.3, -0.25) is 4.79 Å². The molecule has 1 saturated heterocycles. The molecule has 2 rings (SSSR count). The normalized spacial score (nSPS) is 16.3. The van der Waals surface area contributed by atoms with E-state index in [2.05, 4.69) is 26.6 Å². The van der Waals surface area contributed by atoms with Gasteiger partial charge < -0.3 is 10.6 Å². The molecule has 0 aliphatic carbocycles. The summed E-state index contributed by atoms with van der Waals surface area (Å²) in [6.45, 7) is 1.33. The van der Waals surface area contributed by atoms with E-state index in [4.69, 9.17) is 0 Å². The Morgan fingerprint density at radius 3 is 2.79 bits per heavy atom. The van der Waals surface area contributed by atoms with Gasteiger partial charge in [-0.2, -0.15) is 11.8 Å². The lowest BCUT2D eigenvalue weighted by molar-refractivity contribution is -0.115. The fourth-order valence-electron chi connectivity index (χ4n) is 2.10. The van der Waals surface area contributed by atoms with Gasteiger partial charge in [-0.1, -0.05) is 12.1 Å². The topological polar surface area (TPSA) is 41.1 Å². The number of amides is 1. The molecular weight excluding hydrogens is 324 g/mol. The van der Waals surface area contributed by atoms with Crippen LogP contribution in [0.5, 0.6) is 0 Å². The monoisotopic (exact) mass is 342 g/mol. The number of carbonyl (C=O) groups is 1. The quantitative estimate of drug-likeness (QED) is 0.863. The molecule has 5 heteroatoms. The van der Waals surface area contributed by atoms with Crippen molar-refractivity contribution in [2.24, 2.45) is 5.92 Å². The fraction of sp³-hybridized carbons (Fsp3) is 0.500. The molecule has 3 nitrogen and oxygen atoms in total. The van der Waals surface area contributed by atoms with Crippen LogP contribution >= 0.6 is 27.7 Å². The van der Waals surface area contributed by atoms with Gasteiger partial charge in [0.1, 0.15) is 0 Å². The molecule has 0 spiro atoms. The molecule has 0 radical (unpaired) electrons. The van der Waals surface area contributed by atoms with Gasteiger partial charge in [0.2, 0.25) is 5.91 Å². The maximum atomic E-state index is 11.8. The third kappa shape index (κ3) is 5.16. The average molecular weight is 343 g/mol. The van der Waals surface area contributed by atoms with Crippen molar-refractivity contribution in [3.8, 4) is 0 Å². The minimum Gasteiger partial charge on any atom is -0.324 e. The molecular formula is C14H19BrN2OS. The molecule has 1 aromatic carbocycles. The van der Waals surface area contributed by atoms with Crippen LogP contribution in [0.3, 0.4) is 0 Å². The van der Waals surface area contributed by atoms with E-state index < -0.39 is 0 Å². The second kappa shape index (κ2) is 7.92. The maximum absolute atomic E-state index is 11.8. The van der Waals surface area contributed by atoms with Crippen molar-refractivity contribution in [2.75, 3.05) is 29.9 Å². The van der Waals surface area contributed by atoms with E-state index in [1.807, 2.05) is 36.0 Å². The molecule has 2 N–H and O–H groups in total. The van der Waals surface area contributed by atoms with E-state index in [-0.39, 0.29) is 5.91 Å². The number of rotatable bonds is 5. The summed E-state index contributed by atoms with van der Waals surface area (Å²) in [5.41, 5.74) is 0.823. The van der Waals surface area contributed by atoms with Crippen LogP contribution < -0.4 is 10.6 Å². The minimum absolute atomic E-state index is 0.0112. The fourth-order valence-corrected chi connectivity index (χ4v) is 3.69. The van der Waals surface area contributed by atoms with Crippen LogP contribution in [0.2, 0.25) is 0 Å². The number of para-hydroxylation sites is 1. The molecule has 0 aromatic heterocycles. The molecule has 0 bridgehead atoms. The second-order valence-corrected chi connectivity index (χ2v) is 6.79. The van der Waals surface area contributed by atoms with Crippen molar-refractivity contribution < 1.29 is 4.79 Å². The van der Waals surface area contributed by atoms with E-state index in [0.717, 1.165) is 22.6 Å². The molecule has 104 valence electrons. The van der Waals surface area contributed by atoms with Crippen LogP contribution in [0.4, 0.5) is 5.69 Å². The van der Waals surface area contributed by atoms with Gasteiger partial charge in [0.15, 0.2) is 0 Å². The molecule has 19 heavy (non-hydrogen) atoms. The third-order valence-electron chi connectivity index (χ3n) is 3.21. The van der Waals surface area contributed by atoms with Gasteiger partial charge in [-0.15, -0.1) is 0 Å². The molecule has 1 amide bonds. The number of halogens is 1. The second-order valence-electron chi connectivity index (χ2n) is 4.71. The van der Waals surface area contributed by atoms with Crippen LogP contribution in [0.25, 0.3) is 0 Å². The van der Waals surface area contributed by atoms with Crippen molar-refractivity contribution in [3.05, 3.63) is 28.7 Å². The predicted octanol–water partition coefficient (Wildman–Crippen LogP) is 3.12. The molecule has 0 atom stereocenters. The Kier molecular flexibility index (Phi) is 6.20. The number of benzene rings is 1. The summed E-state index contributed by atoms with van der Waals surface area (Å²) in [4.78, 5) is 11.8. The van der Waals surface area contributed by atoms with Crippen LogP contribution in [0.15, 0.2) is 28.7 Å². The minimum atomic E-state index is 0.0112. The first-order valence-electron chi connectivity index (χ1n) is 6.58. The highest BCUT2D eigenvalue weighted by atomic mass is 79.9. The van der Waals surface area contributed by atoms with E-state index in [9.17, 15) is 4.79 Å². The summed E-state index contributed by atoms with van der Waals surface area (Å²) >= 11 is 5.45. The average Bonchev–Trinajstić information content (AvgIpc) is 2.43. The van der Waals surface area contributed by atoms with Crippen molar-refractivity contribution in [2.45, 2.75) is 12.8 Å². The van der Waals surface area contributed by atoms with E-state index in [1.165, 1.54) is 24.3 Å². The lowest BCUT2D eigenvalue weighted by atomic mass is 10.0. The Morgan fingerprint density at radius 1 is 1.32 bits per heavy atom. The summed E-state index contributed by atoms with van der Waals surface area (Å²) in [7, 11) is 0. The van der Waals surface area contributed by atoms with Gasteiger partial charge in [0, 0.05) is 4.47 Å². The smallest absolute Gasteiger partial charge is 0.238 e. The van der Waals surface area contributed by atoms with Crippen molar-refractivity contribution in [1.29, 1.82) is 0 Å². The zero-order chi connectivity index (χ0) is 13.5. The number of hydrogen-bond donors (Lipinski definition) is 2. The number of thioether (sulfide) groups is 1. The number of hydrogen-bond acceptors (Lipinski definition) is 3. The first kappa shape index (κ1) is 14.9. The number of nitrogens with one attached hydrogen (secondary N) is 2. The zero-order valence-electron chi connectivity index (χ0n) is 10.8. The Labute approximate surface area is 127 Å². The number of anilines is 1. The van der Waals surface area contributed by atoms with E-state index in [1.54, 1.807) is 0 Å². The first-order valence-corrected chi connectivity index (χ1v) is 8.53. The summed E-state index contributed by atoms with van der Waals surface area (Å²) in [5.74, 6) is 3.26. The SMILES string of the molecule is O=C(CNCC1CCSCC1)Nc1ccccc1Br. The Balaban J connectivity index is 1.68. The highest BCUT2D eigenvalue weighted by Crippen LogP contribution is 2.22. The summed E-state index contributed by atoms with van der Waals surface area (Å²) < 4.78 is 0.910. The number of carbonyl (C=O) groups excluding carboxylic acids is 1. The summed E-state index contributed by atoms with van der Waals surface area (Å²) in [5, 5.41) is 6.15. The summed E-state index contributed by atoms with van der Waals surface area (Å²) in [6.07, 6.45) is 2.53. The molecule has 1 fully saturated rings. The Bertz CT molecular complexity index is 422. The van der Waals surface area contributed by atoms with Gasteiger partial charge in [0.05, 0.1) is 12.2 Å². The standard InChI is InChI=1S/C14H19BrN2OS/c15-12-3-1-2-4-13(12)17-14(18)10-16-9-11-5-7-19-8-6-11/h1-4,11,16H,5-10H2,(H,17,18). The van der Waals surface area contributed by atoms with Crippen LogP contribution in [0, 0.1) is 5.92 Å². The molecule has 1 aliphatic rings. The van der Waals surface area contributed by atoms with Crippen LogP contribution in [-0.4, -0.2) is 30.5 Å². The van der Waals surface area contributed by atoms with Crippen LogP contribution in [-0.2, 0) is 4.79 Å². The van der Waals surface area contributed by atoms with Crippen molar-refractivity contribution in [3.63, 3.8) is 0 Å². The largest absolute Gasteiger partial charge is 0.324 e. The first-order chi connectivity index (χ1) is 9.25. The zero-order valence-corrected chi connectivity index (χ0v) is 13.2. The van der Waals surface area contributed by atoms with Gasteiger partial charge in [0.25, 0.3) is 0 Å². The molecule has 1 heterocycles. The van der Waals surface area contributed by atoms with Crippen molar-refractivity contribution >= 4 is 39.3 Å². The van der Waals surface area contributed by atoms with Gasteiger partial charge in [-0.05, 0) is 64.9 Å². The molecule has 0 unspecified atom stereocenters. The summed E-state index contributed by atoms with van der Waals surface area (Å²) in [6, 6.07) is 7.65. The van der Waals surface area contributed by atoms with Crippen molar-refractivity contribution in [1.82, 2.24) is 5.32 Å².